The number of benzene rings is 4. The number of nitrogens with one attached hydrogen (secondary N) is 1. The third-order valence-corrected chi connectivity index (χ3v) is 11.6. The van der Waals surface area contributed by atoms with Gasteiger partial charge in [0.05, 0.1) is 11.4 Å². The molecule has 0 amide bonds. The van der Waals surface area contributed by atoms with Crippen molar-refractivity contribution < 1.29 is 4.42 Å². The average molecular weight is 730 g/mol. The summed E-state index contributed by atoms with van der Waals surface area (Å²) >= 11 is 0. The number of furan rings is 1. The Morgan fingerprint density at radius 2 is 1.54 bits per heavy atom. The zero-order chi connectivity index (χ0) is 37.4. The Balaban J connectivity index is 1.04. The highest BCUT2D eigenvalue weighted by Crippen LogP contribution is 2.44. The van der Waals surface area contributed by atoms with Gasteiger partial charge in [0, 0.05) is 44.6 Å². The molecule has 10 rings (SSSR count). The Labute approximate surface area is 327 Å². The minimum absolute atomic E-state index is 0.275. The van der Waals surface area contributed by atoms with E-state index in [4.69, 9.17) is 25.1 Å². The first-order chi connectivity index (χ1) is 27.7. The summed E-state index contributed by atoms with van der Waals surface area (Å²) < 4.78 is 6.16. The lowest BCUT2D eigenvalue weighted by Crippen LogP contribution is -2.38. The van der Waals surface area contributed by atoms with Gasteiger partial charge in [-0.2, -0.15) is 0 Å². The number of amidine groups is 2. The molecule has 274 valence electrons. The second-order valence-corrected chi connectivity index (χ2v) is 15.0. The normalized spacial score (nSPS) is 20.0. The quantitative estimate of drug-likeness (QED) is 0.160. The van der Waals surface area contributed by atoms with Crippen molar-refractivity contribution in [2.45, 2.75) is 57.0 Å². The first-order valence-electron chi connectivity index (χ1n) is 19.9. The van der Waals surface area contributed by atoms with Gasteiger partial charge in [0.25, 0.3) is 0 Å². The van der Waals surface area contributed by atoms with E-state index in [0.29, 0.717) is 0 Å². The fourth-order valence-corrected chi connectivity index (χ4v) is 8.81. The molecule has 6 heteroatoms. The zero-order valence-corrected chi connectivity index (χ0v) is 31.3. The number of fused-ring (bicyclic) bond motifs is 4. The highest BCUT2D eigenvalue weighted by Gasteiger charge is 2.30. The number of nitrogens with zero attached hydrogens (tertiary/aromatic N) is 3. The van der Waals surface area contributed by atoms with E-state index in [1.165, 1.54) is 22.1 Å². The highest BCUT2D eigenvalue weighted by atomic mass is 16.3. The number of rotatable bonds is 7. The fourth-order valence-electron chi connectivity index (χ4n) is 8.81. The van der Waals surface area contributed by atoms with E-state index < -0.39 is 0 Å². The summed E-state index contributed by atoms with van der Waals surface area (Å²) in [6, 6.07) is 34.0. The van der Waals surface area contributed by atoms with Gasteiger partial charge >= 0.3 is 0 Å². The Kier molecular flexibility index (Phi) is 8.87. The predicted molar refractivity (Wildman–Crippen MR) is 232 cm³/mol. The van der Waals surface area contributed by atoms with Crippen LogP contribution in [0.3, 0.4) is 0 Å². The van der Waals surface area contributed by atoms with Crippen LogP contribution in [0.25, 0.3) is 49.5 Å². The van der Waals surface area contributed by atoms with E-state index in [9.17, 15) is 0 Å². The largest absolute Gasteiger partial charge is 0.456 e. The van der Waals surface area contributed by atoms with Crippen LogP contribution < -0.4 is 11.1 Å². The Bertz CT molecular complexity index is 2770. The van der Waals surface area contributed by atoms with Crippen molar-refractivity contribution in [3.05, 3.63) is 179 Å². The molecule has 2 aromatic heterocycles. The van der Waals surface area contributed by atoms with Gasteiger partial charge in [-0.3, -0.25) is 0 Å². The summed E-state index contributed by atoms with van der Waals surface area (Å²) in [5, 5.41) is 8.20. The third-order valence-electron chi connectivity index (χ3n) is 11.6. The molecule has 4 aliphatic rings. The Morgan fingerprint density at radius 3 is 2.32 bits per heavy atom. The number of allylic oxidation sites excluding steroid dienone is 8. The SMILES string of the molecule is NC=C(C1=CC=CCC1)c1nc(-c2ccccc2)c(C2CC=C(C3N=C(C4=CCCC=C4)NC(c4ccc5oc6ccccc6c5c4)=N3)CC2)c2ccccc12. The topological polar surface area (TPSA) is 88.8 Å². The predicted octanol–water partition coefficient (Wildman–Crippen LogP) is 11.6. The van der Waals surface area contributed by atoms with Crippen molar-refractivity contribution in [2.24, 2.45) is 15.7 Å². The van der Waals surface area contributed by atoms with Crippen molar-refractivity contribution in [1.82, 2.24) is 10.3 Å². The number of aromatic nitrogens is 1. The van der Waals surface area contributed by atoms with E-state index in [1.54, 1.807) is 6.20 Å². The van der Waals surface area contributed by atoms with Gasteiger partial charge in [0.1, 0.15) is 22.8 Å². The lowest BCUT2D eigenvalue weighted by atomic mass is 9.79. The van der Waals surface area contributed by atoms with Gasteiger partial charge in [-0.15, -0.1) is 0 Å². The first-order valence-corrected chi connectivity index (χ1v) is 19.9. The Hall–Kier alpha value is -6.53. The first kappa shape index (κ1) is 34.0. The maximum absolute atomic E-state index is 6.42. The van der Waals surface area contributed by atoms with E-state index >= 15 is 0 Å². The molecule has 3 aliphatic carbocycles. The van der Waals surface area contributed by atoms with Gasteiger partial charge in [0.15, 0.2) is 6.17 Å². The minimum atomic E-state index is -0.309. The molecule has 2 unspecified atom stereocenters. The number of hydrogen-bond acceptors (Lipinski definition) is 6. The molecule has 3 N–H and O–H groups in total. The van der Waals surface area contributed by atoms with Gasteiger partial charge in [0.2, 0.25) is 0 Å². The van der Waals surface area contributed by atoms with E-state index in [-0.39, 0.29) is 12.1 Å². The number of para-hydroxylation sites is 1. The van der Waals surface area contributed by atoms with Gasteiger partial charge in [-0.05, 0) is 97.2 Å². The fraction of sp³-hybridized carbons (Fsp3) is 0.180. The van der Waals surface area contributed by atoms with E-state index in [1.807, 2.05) is 12.1 Å². The lowest BCUT2D eigenvalue weighted by molar-refractivity contribution is 0.572. The second-order valence-electron chi connectivity index (χ2n) is 15.0. The number of aliphatic imine (C=N–C) groups is 2. The standard InChI is InChI=1S/C50H43N5O/c51-31-42(32-14-4-1-5-15-32)47-40-22-11-10-21-39(40)45(46(52-47)34-16-6-2-7-17-34)33-24-26-36(27-25-33)49-53-48(35-18-8-3-9-19-35)54-50(55-49)37-28-29-44-41(30-37)38-20-12-13-23-43(38)56-44/h1-2,4,6-8,10-14,16-23,26,28-31,33,49H,3,5,9,15,24-25,27,51H2,(H,53,54,55). The molecule has 6 nitrogen and oxygen atoms in total. The summed E-state index contributed by atoms with van der Waals surface area (Å²) in [7, 11) is 0. The monoisotopic (exact) mass is 729 g/mol. The molecule has 2 atom stereocenters. The highest BCUT2D eigenvalue weighted by molar-refractivity contribution is 6.18. The van der Waals surface area contributed by atoms with Crippen LogP contribution >= 0.6 is 0 Å². The number of hydrogen-bond donors (Lipinski definition) is 2. The average Bonchev–Trinajstić information content (AvgIpc) is 3.65. The van der Waals surface area contributed by atoms with Crippen LogP contribution in [-0.2, 0) is 0 Å². The van der Waals surface area contributed by atoms with Crippen molar-refractivity contribution in [3.63, 3.8) is 0 Å². The number of nitrogens with two attached hydrogens (primary N) is 1. The van der Waals surface area contributed by atoms with Crippen LogP contribution in [0.2, 0.25) is 0 Å². The molecule has 0 saturated heterocycles. The molecular weight excluding hydrogens is 687 g/mol. The van der Waals surface area contributed by atoms with Gasteiger partial charge in [-0.25, -0.2) is 15.0 Å². The van der Waals surface area contributed by atoms with Crippen molar-refractivity contribution in [1.29, 1.82) is 0 Å². The third kappa shape index (κ3) is 6.21. The van der Waals surface area contributed by atoms with Crippen LogP contribution in [0.4, 0.5) is 0 Å². The molecule has 6 aromatic rings. The van der Waals surface area contributed by atoms with Crippen LogP contribution in [0, 0.1) is 0 Å². The van der Waals surface area contributed by atoms with E-state index in [0.717, 1.165) is 118 Å². The molecule has 1 aliphatic heterocycles. The van der Waals surface area contributed by atoms with Crippen LogP contribution in [0.15, 0.2) is 177 Å². The van der Waals surface area contributed by atoms with Crippen molar-refractivity contribution in [3.8, 4) is 11.3 Å². The minimum Gasteiger partial charge on any atom is -0.456 e. The molecule has 0 saturated carbocycles. The van der Waals surface area contributed by atoms with Crippen LogP contribution in [0.1, 0.15) is 67.7 Å². The summed E-state index contributed by atoms with van der Waals surface area (Å²) in [6.07, 6.45) is 23.8. The lowest BCUT2D eigenvalue weighted by Gasteiger charge is -2.30. The maximum Gasteiger partial charge on any atom is 0.165 e. The summed E-state index contributed by atoms with van der Waals surface area (Å²) in [4.78, 5) is 16.1. The molecular formula is C50H43N5O. The summed E-state index contributed by atoms with van der Waals surface area (Å²) in [5.74, 6) is 1.98. The van der Waals surface area contributed by atoms with Gasteiger partial charge < -0.3 is 15.5 Å². The molecule has 0 bridgehead atoms. The summed E-state index contributed by atoms with van der Waals surface area (Å²) in [5.41, 5.74) is 18.2. The number of pyridine rings is 1. The van der Waals surface area contributed by atoms with Crippen molar-refractivity contribution >= 4 is 50.0 Å². The van der Waals surface area contributed by atoms with Gasteiger partial charge in [-0.1, -0.05) is 115 Å². The molecule has 56 heavy (non-hydrogen) atoms. The molecule has 0 spiro atoms. The van der Waals surface area contributed by atoms with Crippen LogP contribution in [0.5, 0.6) is 0 Å². The Morgan fingerprint density at radius 1 is 0.732 bits per heavy atom. The molecule has 0 fully saturated rings. The van der Waals surface area contributed by atoms with Crippen molar-refractivity contribution in [2.75, 3.05) is 0 Å². The smallest absolute Gasteiger partial charge is 0.165 e. The second kappa shape index (κ2) is 14.6. The summed E-state index contributed by atoms with van der Waals surface area (Å²) in [6.45, 7) is 0. The molecule has 4 aromatic carbocycles. The molecule has 0 radical (unpaired) electrons. The van der Waals surface area contributed by atoms with E-state index in [2.05, 4.69) is 133 Å². The molecule has 3 heterocycles. The maximum atomic E-state index is 6.42. The zero-order valence-electron chi connectivity index (χ0n) is 31.3. The van der Waals surface area contributed by atoms with Crippen LogP contribution in [-0.4, -0.2) is 22.8 Å².